The lowest BCUT2D eigenvalue weighted by atomic mass is 9.97. The zero-order valence-electron chi connectivity index (χ0n) is 16.8. The molecule has 4 rings (SSSR count). The number of hydrogen-bond acceptors (Lipinski definition) is 3. The van der Waals surface area contributed by atoms with Crippen molar-refractivity contribution in [1.82, 2.24) is 4.90 Å². The van der Waals surface area contributed by atoms with Gasteiger partial charge in [0.25, 0.3) is 0 Å². The first-order chi connectivity index (χ1) is 15.1. The molecule has 7 nitrogen and oxygen atoms in total. The van der Waals surface area contributed by atoms with Crippen LogP contribution < -0.4 is 16.0 Å². The Bertz CT molecular complexity index is 1100. The van der Waals surface area contributed by atoms with Crippen LogP contribution in [0.3, 0.4) is 0 Å². The number of amides is 4. The van der Waals surface area contributed by atoms with Crippen molar-refractivity contribution in [3.8, 4) is 0 Å². The summed E-state index contributed by atoms with van der Waals surface area (Å²) in [6.07, 6.45) is 0.543. The number of rotatable bonds is 3. The fraction of sp³-hybridized carbons (Fsp3) is 0.125. The molecular formula is C24H22N4O3. The minimum Gasteiger partial charge on any atom is -0.330 e. The number of carbonyl (C=O) groups is 3. The lowest BCUT2D eigenvalue weighted by Crippen LogP contribution is -2.42. The lowest BCUT2D eigenvalue weighted by molar-refractivity contribution is -0.143. The summed E-state index contributed by atoms with van der Waals surface area (Å²) in [6.45, 7) is 0.708. The van der Waals surface area contributed by atoms with Gasteiger partial charge in [-0.2, -0.15) is 0 Å². The SMILES string of the molecule is O=C(Nc1ccccc1)Nc1cccc2c1CCN(C(=O)C(=O)Nc1ccccc1)C2. The second-order valence-electron chi connectivity index (χ2n) is 7.19. The molecule has 0 fully saturated rings. The number of anilines is 3. The fourth-order valence-corrected chi connectivity index (χ4v) is 3.56. The van der Waals surface area contributed by atoms with E-state index in [4.69, 9.17) is 0 Å². The van der Waals surface area contributed by atoms with Crippen LogP contribution >= 0.6 is 0 Å². The maximum absolute atomic E-state index is 12.6. The molecule has 3 aromatic rings. The molecule has 1 heterocycles. The molecule has 7 heteroatoms. The summed E-state index contributed by atoms with van der Waals surface area (Å²) in [6, 6.07) is 23.3. The summed E-state index contributed by atoms with van der Waals surface area (Å²) in [5.41, 5.74) is 3.86. The average Bonchev–Trinajstić information content (AvgIpc) is 2.79. The largest absolute Gasteiger partial charge is 0.330 e. The van der Waals surface area contributed by atoms with Crippen molar-refractivity contribution >= 4 is 34.9 Å². The number of nitrogens with one attached hydrogen (secondary N) is 3. The second-order valence-corrected chi connectivity index (χ2v) is 7.19. The van der Waals surface area contributed by atoms with Crippen LogP contribution in [0.2, 0.25) is 0 Å². The Hall–Kier alpha value is -4.13. The first-order valence-corrected chi connectivity index (χ1v) is 9.99. The van der Waals surface area contributed by atoms with Crippen LogP contribution in [0.25, 0.3) is 0 Å². The molecule has 156 valence electrons. The number of hydrogen-bond donors (Lipinski definition) is 3. The molecule has 1 aliphatic rings. The zero-order valence-corrected chi connectivity index (χ0v) is 16.8. The Labute approximate surface area is 180 Å². The Balaban J connectivity index is 1.41. The highest BCUT2D eigenvalue weighted by molar-refractivity contribution is 6.39. The molecule has 0 saturated carbocycles. The molecule has 0 saturated heterocycles. The van der Waals surface area contributed by atoms with E-state index in [1.54, 1.807) is 24.3 Å². The normalized spacial score (nSPS) is 12.5. The van der Waals surface area contributed by atoms with Gasteiger partial charge in [-0.3, -0.25) is 9.59 Å². The molecule has 4 amide bonds. The Morgan fingerprint density at radius 1 is 0.710 bits per heavy atom. The molecule has 0 aromatic heterocycles. The summed E-state index contributed by atoms with van der Waals surface area (Å²) < 4.78 is 0. The Morgan fingerprint density at radius 2 is 1.35 bits per heavy atom. The number of nitrogens with zero attached hydrogens (tertiary/aromatic N) is 1. The summed E-state index contributed by atoms with van der Waals surface area (Å²) in [7, 11) is 0. The van der Waals surface area contributed by atoms with Gasteiger partial charge >= 0.3 is 17.8 Å². The molecular weight excluding hydrogens is 392 g/mol. The van der Waals surface area contributed by atoms with E-state index in [1.165, 1.54) is 4.90 Å². The van der Waals surface area contributed by atoms with Crippen molar-refractivity contribution in [3.63, 3.8) is 0 Å². The smallest absolute Gasteiger partial charge is 0.323 e. The number of carbonyl (C=O) groups excluding carboxylic acids is 3. The third-order valence-corrected chi connectivity index (χ3v) is 5.06. The van der Waals surface area contributed by atoms with Crippen LogP contribution in [0.5, 0.6) is 0 Å². The third kappa shape index (κ3) is 4.90. The van der Waals surface area contributed by atoms with Gasteiger partial charge in [0.15, 0.2) is 0 Å². The van der Waals surface area contributed by atoms with Crippen LogP contribution in [0, 0.1) is 0 Å². The van der Waals surface area contributed by atoms with E-state index in [1.807, 2.05) is 54.6 Å². The molecule has 0 unspecified atom stereocenters. The molecule has 0 bridgehead atoms. The van der Waals surface area contributed by atoms with Crippen LogP contribution in [-0.2, 0) is 22.6 Å². The number of para-hydroxylation sites is 2. The molecule has 0 spiro atoms. The van der Waals surface area contributed by atoms with Crippen molar-refractivity contribution in [1.29, 1.82) is 0 Å². The maximum atomic E-state index is 12.6. The van der Waals surface area contributed by atoms with E-state index in [0.29, 0.717) is 36.6 Å². The highest BCUT2D eigenvalue weighted by atomic mass is 16.2. The first-order valence-electron chi connectivity index (χ1n) is 9.99. The molecule has 3 aromatic carbocycles. The number of urea groups is 1. The van der Waals surface area contributed by atoms with Gasteiger partial charge in [0.1, 0.15) is 0 Å². The van der Waals surface area contributed by atoms with Crippen molar-refractivity contribution in [3.05, 3.63) is 90.0 Å². The molecule has 0 aliphatic carbocycles. The van der Waals surface area contributed by atoms with Crippen LogP contribution in [-0.4, -0.2) is 29.3 Å². The van der Waals surface area contributed by atoms with Crippen molar-refractivity contribution in [2.24, 2.45) is 0 Å². The zero-order chi connectivity index (χ0) is 21.6. The molecule has 0 atom stereocenters. The van der Waals surface area contributed by atoms with Gasteiger partial charge < -0.3 is 20.9 Å². The summed E-state index contributed by atoms with van der Waals surface area (Å²) in [5.74, 6) is -1.24. The number of fused-ring (bicyclic) bond motifs is 1. The van der Waals surface area contributed by atoms with Crippen LogP contribution in [0.4, 0.5) is 21.9 Å². The predicted octanol–water partition coefficient (Wildman–Crippen LogP) is 3.85. The first kappa shape index (κ1) is 20.2. The summed E-state index contributed by atoms with van der Waals surface area (Å²) >= 11 is 0. The minimum atomic E-state index is -0.661. The standard InChI is InChI=1S/C24H22N4O3/c29-22(25-18-9-3-1-4-10-18)23(30)28-15-14-20-17(16-28)8-7-13-21(20)27-24(31)26-19-11-5-2-6-12-19/h1-13H,14-16H2,(H,25,29)(H2,26,27,31). The van der Waals surface area contributed by atoms with Crippen molar-refractivity contribution < 1.29 is 14.4 Å². The van der Waals surface area contributed by atoms with E-state index in [-0.39, 0.29) is 6.03 Å². The monoisotopic (exact) mass is 414 g/mol. The predicted molar refractivity (Wildman–Crippen MR) is 120 cm³/mol. The van der Waals surface area contributed by atoms with Gasteiger partial charge in [-0.1, -0.05) is 48.5 Å². The maximum Gasteiger partial charge on any atom is 0.323 e. The third-order valence-electron chi connectivity index (χ3n) is 5.06. The van der Waals surface area contributed by atoms with Gasteiger partial charge in [-0.25, -0.2) is 4.79 Å². The van der Waals surface area contributed by atoms with E-state index in [0.717, 1.165) is 11.1 Å². The van der Waals surface area contributed by atoms with E-state index < -0.39 is 11.8 Å². The van der Waals surface area contributed by atoms with Crippen LogP contribution in [0.15, 0.2) is 78.9 Å². The van der Waals surface area contributed by atoms with Gasteiger partial charge in [-0.15, -0.1) is 0 Å². The molecule has 1 aliphatic heterocycles. The molecule has 31 heavy (non-hydrogen) atoms. The second kappa shape index (κ2) is 9.13. The van der Waals surface area contributed by atoms with Crippen molar-refractivity contribution in [2.75, 3.05) is 22.5 Å². The van der Waals surface area contributed by atoms with Crippen LogP contribution in [0.1, 0.15) is 11.1 Å². The van der Waals surface area contributed by atoms with Gasteiger partial charge in [0, 0.05) is 30.2 Å². The van der Waals surface area contributed by atoms with Gasteiger partial charge in [0.05, 0.1) is 0 Å². The summed E-state index contributed by atoms with van der Waals surface area (Å²) in [4.78, 5) is 38.8. The van der Waals surface area contributed by atoms with E-state index in [2.05, 4.69) is 16.0 Å². The quantitative estimate of drug-likeness (QED) is 0.569. The van der Waals surface area contributed by atoms with Gasteiger partial charge in [-0.05, 0) is 47.9 Å². The Kier molecular flexibility index (Phi) is 5.93. The Morgan fingerprint density at radius 3 is 2.03 bits per heavy atom. The van der Waals surface area contributed by atoms with Gasteiger partial charge in [0.2, 0.25) is 0 Å². The molecule has 0 radical (unpaired) electrons. The highest BCUT2D eigenvalue weighted by Crippen LogP contribution is 2.26. The number of benzene rings is 3. The van der Waals surface area contributed by atoms with Crippen molar-refractivity contribution in [2.45, 2.75) is 13.0 Å². The lowest BCUT2D eigenvalue weighted by Gasteiger charge is -2.29. The highest BCUT2D eigenvalue weighted by Gasteiger charge is 2.27. The van der Waals surface area contributed by atoms with E-state index in [9.17, 15) is 14.4 Å². The van der Waals surface area contributed by atoms with E-state index >= 15 is 0 Å². The average molecular weight is 414 g/mol. The molecule has 3 N–H and O–H groups in total. The topological polar surface area (TPSA) is 90.5 Å². The fourth-order valence-electron chi connectivity index (χ4n) is 3.56. The minimum absolute atomic E-state index is 0.312. The summed E-state index contributed by atoms with van der Waals surface area (Å²) in [5, 5.41) is 8.31.